The van der Waals surface area contributed by atoms with Crippen LogP contribution in [-0.4, -0.2) is 51.2 Å². The summed E-state index contributed by atoms with van der Waals surface area (Å²) in [6, 6.07) is 16.6. The Kier molecular flexibility index (Phi) is 5.20. The highest BCUT2D eigenvalue weighted by molar-refractivity contribution is 5.94. The van der Waals surface area contributed by atoms with E-state index >= 15 is 0 Å². The number of carbonyl (C=O) groups is 1. The SMILES string of the molecule is O=C(N[C@H]1CN(c2cnc3ccccc3n2)C[C@@H]1O)c1ccc(-c2cccc(F)c2)nc1. The Morgan fingerprint density at radius 3 is 2.62 bits per heavy atom. The summed E-state index contributed by atoms with van der Waals surface area (Å²) in [7, 11) is 0. The molecule has 4 aromatic rings. The molecule has 1 aliphatic heterocycles. The zero-order valence-electron chi connectivity index (χ0n) is 17.0. The Balaban J connectivity index is 1.27. The maximum absolute atomic E-state index is 13.4. The highest BCUT2D eigenvalue weighted by atomic mass is 19.1. The molecular formula is C24H20FN5O2. The Morgan fingerprint density at radius 2 is 1.84 bits per heavy atom. The highest BCUT2D eigenvalue weighted by Crippen LogP contribution is 2.21. The van der Waals surface area contributed by atoms with Crippen LogP contribution in [0, 0.1) is 5.82 Å². The molecule has 0 saturated carbocycles. The fraction of sp³-hybridized carbons (Fsp3) is 0.167. The first-order valence-corrected chi connectivity index (χ1v) is 10.2. The van der Waals surface area contributed by atoms with E-state index in [4.69, 9.17) is 0 Å². The lowest BCUT2D eigenvalue weighted by molar-refractivity contribution is 0.0888. The van der Waals surface area contributed by atoms with Crippen molar-refractivity contribution in [3.8, 4) is 11.3 Å². The molecule has 2 aromatic heterocycles. The van der Waals surface area contributed by atoms with Gasteiger partial charge in [0.1, 0.15) is 11.6 Å². The van der Waals surface area contributed by atoms with Crippen LogP contribution in [0.2, 0.25) is 0 Å². The summed E-state index contributed by atoms with van der Waals surface area (Å²) in [6.07, 6.45) is 2.38. The van der Waals surface area contributed by atoms with E-state index in [-0.39, 0.29) is 11.7 Å². The van der Waals surface area contributed by atoms with E-state index in [1.807, 2.05) is 29.2 Å². The molecule has 7 nitrogen and oxygen atoms in total. The van der Waals surface area contributed by atoms with Gasteiger partial charge in [-0.3, -0.25) is 14.8 Å². The van der Waals surface area contributed by atoms with Crippen molar-refractivity contribution in [2.45, 2.75) is 12.1 Å². The number of hydrogen-bond donors (Lipinski definition) is 2. The van der Waals surface area contributed by atoms with E-state index < -0.39 is 12.1 Å². The molecule has 0 unspecified atom stereocenters. The van der Waals surface area contributed by atoms with E-state index in [0.29, 0.717) is 35.7 Å². The molecule has 0 spiro atoms. The summed E-state index contributed by atoms with van der Waals surface area (Å²) in [5.74, 6) is -0.0265. The van der Waals surface area contributed by atoms with E-state index in [0.717, 1.165) is 11.0 Å². The fourth-order valence-corrected chi connectivity index (χ4v) is 3.81. The van der Waals surface area contributed by atoms with Gasteiger partial charge in [0.25, 0.3) is 5.91 Å². The zero-order valence-corrected chi connectivity index (χ0v) is 17.0. The topological polar surface area (TPSA) is 91.2 Å². The van der Waals surface area contributed by atoms with Crippen molar-refractivity contribution in [1.29, 1.82) is 0 Å². The number of aliphatic hydroxyl groups excluding tert-OH is 1. The minimum atomic E-state index is -0.744. The summed E-state index contributed by atoms with van der Waals surface area (Å²) in [5.41, 5.74) is 3.14. The fourth-order valence-electron chi connectivity index (χ4n) is 3.81. The molecule has 1 amide bonds. The van der Waals surface area contributed by atoms with Crippen molar-refractivity contribution in [3.05, 3.63) is 84.4 Å². The van der Waals surface area contributed by atoms with E-state index in [9.17, 15) is 14.3 Å². The van der Waals surface area contributed by atoms with Gasteiger partial charge >= 0.3 is 0 Å². The van der Waals surface area contributed by atoms with Crippen molar-refractivity contribution in [3.63, 3.8) is 0 Å². The summed E-state index contributed by atoms with van der Waals surface area (Å²) >= 11 is 0. The number of anilines is 1. The second-order valence-electron chi connectivity index (χ2n) is 7.71. The van der Waals surface area contributed by atoms with Crippen LogP contribution in [0.3, 0.4) is 0 Å². The number of nitrogens with one attached hydrogen (secondary N) is 1. The lowest BCUT2D eigenvalue weighted by Crippen LogP contribution is -2.42. The number of carbonyl (C=O) groups excluding carboxylic acids is 1. The molecule has 8 heteroatoms. The van der Waals surface area contributed by atoms with Crippen molar-refractivity contribution in [1.82, 2.24) is 20.3 Å². The number of β-amino-alcohol motifs (C(OH)–C–C–N with tert-alkyl or cyclic N) is 1. The number of aliphatic hydroxyl groups is 1. The molecule has 2 aromatic carbocycles. The van der Waals surface area contributed by atoms with Crippen LogP contribution < -0.4 is 10.2 Å². The number of halogens is 1. The first-order valence-electron chi connectivity index (χ1n) is 10.2. The first kappa shape index (κ1) is 20.0. The number of nitrogens with zero attached hydrogens (tertiary/aromatic N) is 4. The third-order valence-electron chi connectivity index (χ3n) is 5.51. The predicted molar refractivity (Wildman–Crippen MR) is 119 cm³/mol. The molecule has 0 aliphatic carbocycles. The number of rotatable bonds is 4. The average Bonchev–Trinajstić information content (AvgIpc) is 3.19. The molecule has 160 valence electrons. The molecule has 0 bridgehead atoms. The highest BCUT2D eigenvalue weighted by Gasteiger charge is 2.33. The third kappa shape index (κ3) is 4.00. The monoisotopic (exact) mass is 429 g/mol. The normalized spacial score (nSPS) is 18.1. The van der Waals surface area contributed by atoms with Crippen LogP contribution in [0.15, 0.2) is 73.1 Å². The van der Waals surface area contributed by atoms with Gasteiger partial charge in [0.15, 0.2) is 0 Å². The Hall–Kier alpha value is -3.91. The summed E-state index contributed by atoms with van der Waals surface area (Å²) in [4.78, 5) is 27.9. The Labute approximate surface area is 183 Å². The van der Waals surface area contributed by atoms with Gasteiger partial charge in [-0.15, -0.1) is 0 Å². The maximum Gasteiger partial charge on any atom is 0.253 e. The molecule has 1 saturated heterocycles. The van der Waals surface area contributed by atoms with Crippen molar-refractivity contribution < 1.29 is 14.3 Å². The van der Waals surface area contributed by atoms with Crippen LogP contribution in [-0.2, 0) is 0 Å². The average molecular weight is 429 g/mol. The van der Waals surface area contributed by atoms with Crippen LogP contribution in [0.5, 0.6) is 0 Å². The van der Waals surface area contributed by atoms with Gasteiger partial charge in [-0.25, -0.2) is 9.37 Å². The van der Waals surface area contributed by atoms with Crippen LogP contribution in [0.4, 0.5) is 10.2 Å². The quantitative estimate of drug-likeness (QED) is 0.519. The van der Waals surface area contributed by atoms with Gasteiger partial charge in [-0.2, -0.15) is 0 Å². The van der Waals surface area contributed by atoms with Crippen LogP contribution in [0.25, 0.3) is 22.3 Å². The second-order valence-corrected chi connectivity index (χ2v) is 7.71. The molecule has 3 heterocycles. The van der Waals surface area contributed by atoms with Gasteiger partial charge in [0, 0.05) is 24.8 Å². The number of amides is 1. The number of para-hydroxylation sites is 2. The number of fused-ring (bicyclic) bond motifs is 1. The summed E-state index contributed by atoms with van der Waals surface area (Å²) in [5, 5.41) is 13.4. The van der Waals surface area contributed by atoms with Gasteiger partial charge in [-0.1, -0.05) is 24.3 Å². The lowest BCUT2D eigenvalue weighted by Gasteiger charge is -2.17. The Morgan fingerprint density at radius 1 is 1.00 bits per heavy atom. The number of hydrogen-bond acceptors (Lipinski definition) is 6. The first-order chi connectivity index (χ1) is 15.6. The predicted octanol–water partition coefficient (Wildman–Crippen LogP) is 2.81. The Bertz CT molecular complexity index is 1280. The van der Waals surface area contributed by atoms with E-state index in [1.54, 1.807) is 30.5 Å². The van der Waals surface area contributed by atoms with Gasteiger partial charge in [-0.05, 0) is 36.4 Å². The number of pyridine rings is 1. The van der Waals surface area contributed by atoms with E-state index in [2.05, 4.69) is 20.3 Å². The number of benzene rings is 2. The van der Waals surface area contributed by atoms with Crippen molar-refractivity contribution in [2.75, 3.05) is 18.0 Å². The van der Waals surface area contributed by atoms with E-state index in [1.165, 1.54) is 18.3 Å². The van der Waals surface area contributed by atoms with Gasteiger partial charge < -0.3 is 15.3 Å². The van der Waals surface area contributed by atoms with Crippen LogP contribution in [0.1, 0.15) is 10.4 Å². The molecular weight excluding hydrogens is 409 g/mol. The van der Waals surface area contributed by atoms with Crippen LogP contribution >= 0.6 is 0 Å². The molecule has 2 N–H and O–H groups in total. The second kappa shape index (κ2) is 8.32. The third-order valence-corrected chi connectivity index (χ3v) is 5.51. The molecule has 32 heavy (non-hydrogen) atoms. The minimum Gasteiger partial charge on any atom is -0.389 e. The largest absolute Gasteiger partial charge is 0.389 e. The molecule has 5 rings (SSSR count). The standard InChI is InChI=1S/C24H20FN5O2/c25-17-5-3-4-15(10-17)18-9-8-16(11-26-18)24(32)29-21-13-30(14-22(21)31)23-12-27-19-6-1-2-7-20(19)28-23/h1-12,21-22,31H,13-14H2,(H,29,32)/t21-,22-/m0/s1. The maximum atomic E-state index is 13.4. The number of aromatic nitrogens is 3. The van der Waals surface area contributed by atoms with Crippen molar-refractivity contribution in [2.24, 2.45) is 0 Å². The smallest absolute Gasteiger partial charge is 0.253 e. The molecule has 0 radical (unpaired) electrons. The van der Waals surface area contributed by atoms with Crippen molar-refractivity contribution >= 4 is 22.8 Å². The summed E-state index contributed by atoms with van der Waals surface area (Å²) in [6.45, 7) is 0.753. The van der Waals surface area contributed by atoms with Gasteiger partial charge in [0.2, 0.25) is 0 Å². The molecule has 1 fully saturated rings. The summed E-state index contributed by atoms with van der Waals surface area (Å²) < 4.78 is 13.4. The minimum absolute atomic E-state index is 0.334. The molecule has 1 aliphatic rings. The lowest BCUT2D eigenvalue weighted by atomic mass is 10.1. The zero-order chi connectivity index (χ0) is 22.1. The molecule has 2 atom stereocenters. The van der Waals surface area contributed by atoms with Gasteiger partial charge in [0.05, 0.1) is 40.6 Å².